The number of rotatable bonds is 4. The summed E-state index contributed by atoms with van der Waals surface area (Å²) in [6.45, 7) is 6.98. The molecule has 132 valence electrons. The maximum Gasteiger partial charge on any atom is 0.263 e. The molecule has 0 N–H and O–H groups in total. The van der Waals surface area contributed by atoms with Crippen LogP contribution in [-0.4, -0.2) is 43.1 Å². The predicted octanol–water partition coefficient (Wildman–Crippen LogP) is 3.76. The first-order valence-corrected chi connectivity index (χ1v) is 8.94. The summed E-state index contributed by atoms with van der Waals surface area (Å²) in [5.74, 6) is 0.635. The summed E-state index contributed by atoms with van der Waals surface area (Å²) < 4.78 is 5.75. The van der Waals surface area contributed by atoms with E-state index >= 15 is 0 Å². The second-order valence-electron chi connectivity index (χ2n) is 6.32. The van der Waals surface area contributed by atoms with Crippen molar-refractivity contribution in [2.45, 2.75) is 20.0 Å². The highest BCUT2D eigenvalue weighted by Crippen LogP contribution is 2.22. The van der Waals surface area contributed by atoms with Crippen LogP contribution in [0.25, 0.3) is 0 Å². The third-order valence-corrected chi connectivity index (χ3v) is 4.74. The molecule has 2 aromatic rings. The van der Waals surface area contributed by atoms with Gasteiger partial charge in [0, 0.05) is 36.9 Å². The van der Waals surface area contributed by atoms with E-state index in [0.29, 0.717) is 23.9 Å². The molecular formula is C20H23ClN2O2. The van der Waals surface area contributed by atoms with Gasteiger partial charge < -0.3 is 14.5 Å². The van der Waals surface area contributed by atoms with Crippen molar-refractivity contribution in [2.24, 2.45) is 0 Å². The van der Waals surface area contributed by atoms with Gasteiger partial charge in [0.2, 0.25) is 0 Å². The normalized spacial score (nSPS) is 15.8. The van der Waals surface area contributed by atoms with Crippen LogP contribution in [-0.2, 0) is 4.79 Å². The molecule has 0 radical (unpaired) electrons. The molecule has 4 nitrogen and oxygen atoms in total. The van der Waals surface area contributed by atoms with Gasteiger partial charge in [-0.25, -0.2) is 0 Å². The quantitative estimate of drug-likeness (QED) is 0.834. The molecule has 1 amide bonds. The zero-order chi connectivity index (χ0) is 17.8. The highest BCUT2D eigenvalue weighted by Gasteiger charge is 2.26. The summed E-state index contributed by atoms with van der Waals surface area (Å²) in [4.78, 5) is 16.9. The SMILES string of the molecule is Cc1ccccc1N1CCN(C(=O)C(C)Oc2cccc(Cl)c2)CC1. The average molecular weight is 359 g/mol. The number of ether oxygens (including phenoxy) is 1. The van der Waals surface area contributed by atoms with E-state index in [-0.39, 0.29) is 5.91 Å². The number of aryl methyl sites for hydroxylation is 1. The number of para-hydroxylation sites is 1. The number of benzene rings is 2. The molecule has 0 bridgehead atoms. The predicted molar refractivity (Wildman–Crippen MR) is 102 cm³/mol. The Morgan fingerprint density at radius 2 is 1.80 bits per heavy atom. The zero-order valence-corrected chi connectivity index (χ0v) is 15.4. The molecular weight excluding hydrogens is 336 g/mol. The van der Waals surface area contributed by atoms with Crippen LogP contribution in [0.1, 0.15) is 12.5 Å². The number of carbonyl (C=O) groups is 1. The van der Waals surface area contributed by atoms with Crippen molar-refractivity contribution in [1.29, 1.82) is 0 Å². The van der Waals surface area contributed by atoms with E-state index in [9.17, 15) is 4.79 Å². The summed E-state index contributed by atoms with van der Waals surface area (Å²) in [6, 6.07) is 15.5. The van der Waals surface area contributed by atoms with Crippen LogP contribution in [0.15, 0.2) is 48.5 Å². The molecule has 1 fully saturated rings. The fourth-order valence-corrected chi connectivity index (χ4v) is 3.32. The molecule has 1 aliphatic heterocycles. The molecule has 1 heterocycles. The second-order valence-corrected chi connectivity index (χ2v) is 6.75. The third-order valence-electron chi connectivity index (χ3n) is 4.50. The summed E-state index contributed by atoms with van der Waals surface area (Å²) in [6.07, 6.45) is -0.525. The van der Waals surface area contributed by atoms with E-state index in [2.05, 4.69) is 30.0 Å². The summed E-state index contributed by atoms with van der Waals surface area (Å²) in [7, 11) is 0. The number of nitrogens with zero attached hydrogens (tertiary/aromatic N) is 2. The van der Waals surface area contributed by atoms with Crippen molar-refractivity contribution in [3.05, 3.63) is 59.1 Å². The highest BCUT2D eigenvalue weighted by molar-refractivity contribution is 6.30. The lowest BCUT2D eigenvalue weighted by atomic mass is 10.1. The average Bonchev–Trinajstić information content (AvgIpc) is 2.62. The zero-order valence-electron chi connectivity index (χ0n) is 14.6. The lowest BCUT2D eigenvalue weighted by Crippen LogP contribution is -2.52. The van der Waals surface area contributed by atoms with Crippen molar-refractivity contribution in [3.63, 3.8) is 0 Å². The van der Waals surface area contributed by atoms with Crippen molar-refractivity contribution in [2.75, 3.05) is 31.1 Å². The maximum atomic E-state index is 12.6. The Kier molecular flexibility index (Phi) is 5.49. The van der Waals surface area contributed by atoms with Gasteiger partial charge >= 0.3 is 0 Å². The van der Waals surface area contributed by atoms with Crippen LogP contribution >= 0.6 is 11.6 Å². The summed E-state index contributed by atoms with van der Waals surface area (Å²) >= 11 is 5.96. The topological polar surface area (TPSA) is 32.8 Å². The number of piperazine rings is 1. The lowest BCUT2D eigenvalue weighted by molar-refractivity contribution is -0.138. The monoisotopic (exact) mass is 358 g/mol. The van der Waals surface area contributed by atoms with E-state index in [1.807, 2.05) is 23.1 Å². The fraction of sp³-hybridized carbons (Fsp3) is 0.350. The molecule has 5 heteroatoms. The van der Waals surface area contributed by atoms with E-state index in [1.165, 1.54) is 11.3 Å². The molecule has 0 aliphatic carbocycles. The number of amides is 1. The maximum absolute atomic E-state index is 12.6. The van der Waals surface area contributed by atoms with Crippen LogP contribution in [0.5, 0.6) is 5.75 Å². The Morgan fingerprint density at radius 3 is 2.48 bits per heavy atom. The second kappa shape index (κ2) is 7.79. The van der Waals surface area contributed by atoms with Gasteiger partial charge in [0.15, 0.2) is 6.10 Å². The number of anilines is 1. The minimum Gasteiger partial charge on any atom is -0.481 e. The van der Waals surface area contributed by atoms with Crippen LogP contribution in [0.2, 0.25) is 5.02 Å². The van der Waals surface area contributed by atoms with Gasteiger partial charge in [-0.15, -0.1) is 0 Å². The Balaban J connectivity index is 1.57. The van der Waals surface area contributed by atoms with Gasteiger partial charge in [0.25, 0.3) is 5.91 Å². The third kappa shape index (κ3) is 4.26. The van der Waals surface area contributed by atoms with Gasteiger partial charge in [-0.05, 0) is 43.7 Å². The molecule has 1 saturated heterocycles. The first-order valence-electron chi connectivity index (χ1n) is 8.56. The van der Waals surface area contributed by atoms with Crippen LogP contribution in [0, 0.1) is 6.92 Å². The van der Waals surface area contributed by atoms with Gasteiger partial charge in [0.1, 0.15) is 5.75 Å². The molecule has 2 aromatic carbocycles. The van der Waals surface area contributed by atoms with E-state index < -0.39 is 6.10 Å². The first kappa shape index (κ1) is 17.6. The van der Waals surface area contributed by atoms with Crippen LogP contribution in [0.4, 0.5) is 5.69 Å². The number of hydrogen-bond donors (Lipinski definition) is 0. The van der Waals surface area contributed by atoms with Crippen molar-refractivity contribution < 1.29 is 9.53 Å². The van der Waals surface area contributed by atoms with Crippen molar-refractivity contribution in [1.82, 2.24) is 4.90 Å². The Morgan fingerprint density at radius 1 is 1.08 bits per heavy atom. The minimum atomic E-state index is -0.525. The molecule has 0 aromatic heterocycles. The molecule has 25 heavy (non-hydrogen) atoms. The van der Waals surface area contributed by atoms with E-state index in [1.54, 1.807) is 19.1 Å². The van der Waals surface area contributed by atoms with Gasteiger partial charge in [-0.1, -0.05) is 35.9 Å². The molecule has 0 saturated carbocycles. The van der Waals surface area contributed by atoms with Crippen LogP contribution in [0.3, 0.4) is 0 Å². The number of carbonyl (C=O) groups excluding carboxylic acids is 1. The molecule has 0 spiro atoms. The summed E-state index contributed by atoms with van der Waals surface area (Å²) in [5.41, 5.74) is 2.51. The fourth-order valence-electron chi connectivity index (χ4n) is 3.14. The van der Waals surface area contributed by atoms with Gasteiger partial charge in [-0.2, -0.15) is 0 Å². The molecule has 1 atom stereocenters. The number of halogens is 1. The van der Waals surface area contributed by atoms with E-state index in [4.69, 9.17) is 16.3 Å². The van der Waals surface area contributed by atoms with Gasteiger partial charge in [-0.3, -0.25) is 4.79 Å². The summed E-state index contributed by atoms with van der Waals surface area (Å²) in [5, 5.41) is 0.601. The Labute approximate surface area is 154 Å². The Bertz CT molecular complexity index is 742. The smallest absolute Gasteiger partial charge is 0.263 e. The minimum absolute atomic E-state index is 0.0180. The molecule has 1 unspecified atom stereocenters. The largest absolute Gasteiger partial charge is 0.481 e. The molecule has 1 aliphatic rings. The van der Waals surface area contributed by atoms with Gasteiger partial charge in [0.05, 0.1) is 0 Å². The first-order chi connectivity index (χ1) is 12.0. The number of hydrogen-bond acceptors (Lipinski definition) is 3. The van der Waals surface area contributed by atoms with Crippen molar-refractivity contribution in [3.8, 4) is 5.75 Å². The highest BCUT2D eigenvalue weighted by atomic mass is 35.5. The van der Waals surface area contributed by atoms with Crippen LogP contribution < -0.4 is 9.64 Å². The van der Waals surface area contributed by atoms with Crippen molar-refractivity contribution >= 4 is 23.2 Å². The lowest BCUT2D eigenvalue weighted by Gasteiger charge is -2.37. The standard InChI is InChI=1S/C20H23ClN2O2/c1-15-6-3-4-9-19(15)22-10-12-23(13-11-22)20(24)16(2)25-18-8-5-7-17(21)14-18/h3-9,14,16H,10-13H2,1-2H3. The molecule has 3 rings (SSSR count). The Hall–Kier alpha value is -2.20. The van der Waals surface area contributed by atoms with E-state index in [0.717, 1.165) is 13.1 Å².